The Morgan fingerprint density at radius 1 is 1.14 bits per heavy atom. The van der Waals surface area contributed by atoms with Crippen molar-refractivity contribution in [3.8, 4) is 0 Å². The number of amides is 1. The zero-order valence-corrected chi connectivity index (χ0v) is 13.7. The van der Waals surface area contributed by atoms with Gasteiger partial charge in [0, 0.05) is 18.8 Å². The number of aromatic nitrogens is 2. The van der Waals surface area contributed by atoms with E-state index in [0.717, 1.165) is 18.7 Å². The molecule has 1 aromatic rings. The van der Waals surface area contributed by atoms with Crippen LogP contribution < -0.4 is 5.32 Å². The molecule has 1 amide bonds. The number of carbonyl (C=O) groups is 1. The van der Waals surface area contributed by atoms with Gasteiger partial charge in [-0.2, -0.15) is 0 Å². The van der Waals surface area contributed by atoms with E-state index in [2.05, 4.69) is 22.2 Å². The first-order valence-corrected chi connectivity index (χ1v) is 8.52. The Kier molecular flexibility index (Phi) is 9.58. The average molecular weight is 293 g/mol. The predicted octanol–water partition coefficient (Wildman–Crippen LogP) is 4.51. The molecule has 0 fully saturated rings. The van der Waals surface area contributed by atoms with Gasteiger partial charge in [-0.25, -0.2) is 4.98 Å². The molecule has 1 aromatic heterocycles. The smallest absolute Gasteiger partial charge is 0.220 e. The van der Waals surface area contributed by atoms with E-state index in [1.807, 2.05) is 6.92 Å². The molecule has 1 atom stereocenters. The van der Waals surface area contributed by atoms with Crippen LogP contribution in [0.4, 0.5) is 0 Å². The minimum Gasteiger partial charge on any atom is -0.347 e. The number of carbonyl (C=O) groups excluding carboxylic acids is 1. The molecule has 0 radical (unpaired) electrons. The third-order valence-corrected chi connectivity index (χ3v) is 3.81. The minimum absolute atomic E-state index is 0.0361. The third-order valence-electron chi connectivity index (χ3n) is 3.81. The molecule has 4 heteroatoms. The van der Waals surface area contributed by atoms with Gasteiger partial charge in [0.2, 0.25) is 5.91 Å². The molecule has 0 aromatic carbocycles. The second kappa shape index (κ2) is 11.4. The number of aromatic amines is 1. The standard InChI is InChI=1S/C17H31N3O/c1-3-4-5-6-7-8-9-10-11-12-16(21)20-15(2)17-18-13-14-19-17/h13-15H,3-12H2,1-2H3,(H,18,19)(H,20,21). The SMILES string of the molecule is CCCCCCCCCCCC(=O)NC(C)c1ncc[nH]1. The lowest BCUT2D eigenvalue weighted by Gasteiger charge is -2.11. The van der Waals surface area contributed by atoms with Crippen molar-refractivity contribution in [2.75, 3.05) is 0 Å². The Labute approximate surface area is 129 Å². The van der Waals surface area contributed by atoms with E-state index in [-0.39, 0.29) is 11.9 Å². The topological polar surface area (TPSA) is 57.8 Å². The van der Waals surface area contributed by atoms with Crippen molar-refractivity contribution in [2.45, 2.75) is 84.1 Å². The summed E-state index contributed by atoms with van der Waals surface area (Å²) < 4.78 is 0. The Hall–Kier alpha value is -1.32. The number of hydrogen-bond acceptors (Lipinski definition) is 2. The van der Waals surface area contributed by atoms with Gasteiger partial charge in [-0.05, 0) is 13.3 Å². The van der Waals surface area contributed by atoms with Gasteiger partial charge in [0.05, 0.1) is 6.04 Å². The summed E-state index contributed by atoms with van der Waals surface area (Å²) in [4.78, 5) is 19.0. The molecule has 0 aliphatic carbocycles. The second-order valence-corrected chi connectivity index (χ2v) is 5.84. The Morgan fingerprint density at radius 2 is 1.76 bits per heavy atom. The van der Waals surface area contributed by atoms with Gasteiger partial charge in [-0.1, -0.05) is 58.3 Å². The number of nitrogens with zero attached hydrogens (tertiary/aromatic N) is 1. The third kappa shape index (κ3) is 8.53. The van der Waals surface area contributed by atoms with E-state index < -0.39 is 0 Å². The molecular formula is C17H31N3O. The van der Waals surface area contributed by atoms with Gasteiger partial charge in [0.25, 0.3) is 0 Å². The van der Waals surface area contributed by atoms with Crippen molar-refractivity contribution < 1.29 is 4.79 Å². The number of unbranched alkanes of at least 4 members (excludes halogenated alkanes) is 8. The van der Waals surface area contributed by atoms with E-state index in [4.69, 9.17) is 0 Å². The summed E-state index contributed by atoms with van der Waals surface area (Å²) >= 11 is 0. The van der Waals surface area contributed by atoms with Gasteiger partial charge >= 0.3 is 0 Å². The molecule has 21 heavy (non-hydrogen) atoms. The maximum Gasteiger partial charge on any atom is 0.220 e. The quantitative estimate of drug-likeness (QED) is 0.557. The molecule has 0 aliphatic rings. The Balaban J connectivity index is 1.94. The van der Waals surface area contributed by atoms with Crippen LogP contribution in [0.2, 0.25) is 0 Å². The summed E-state index contributed by atoms with van der Waals surface area (Å²) in [5, 5.41) is 2.97. The van der Waals surface area contributed by atoms with Crippen LogP contribution >= 0.6 is 0 Å². The predicted molar refractivity (Wildman–Crippen MR) is 87.0 cm³/mol. The molecule has 1 unspecified atom stereocenters. The normalized spacial score (nSPS) is 12.3. The fourth-order valence-corrected chi connectivity index (χ4v) is 2.49. The molecule has 0 saturated heterocycles. The van der Waals surface area contributed by atoms with Crippen molar-refractivity contribution in [3.05, 3.63) is 18.2 Å². The van der Waals surface area contributed by atoms with Crippen molar-refractivity contribution in [3.63, 3.8) is 0 Å². The van der Waals surface area contributed by atoms with Crippen LogP contribution in [0.3, 0.4) is 0 Å². The summed E-state index contributed by atoms with van der Waals surface area (Å²) in [6.07, 6.45) is 15.6. The number of H-pyrrole nitrogens is 1. The van der Waals surface area contributed by atoms with E-state index in [1.165, 1.54) is 44.9 Å². The largest absolute Gasteiger partial charge is 0.347 e. The molecule has 0 bridgehead atoms. The van der Waals surface area contributed by atoms with Crippen LogP contribution in [-0.2, 0) is 4.79 Å². The van der Waals surface area contributed by atoms with Gasteiger partial charge in [0.15, 0.2) is 0 Å². The van der Waals surface area contributed by atoms with Gasteiger partial charge in [-0.3, -0.25) is 4.79 Å². The fourth-order valence-electron chi connectivity index (χ4n) is 2.49. The maximum atomic E-state index is 11.8. The zero-order valence-electron chi connectivity index (χ0n) is 13.7. The lowest BCUT2D eigenvalue weighted by molar-refractivity contribution is -0.121. The zero-order chi connectivity index (χ0) is 15.3. The van der Waals surface area contributed by atoms with Crippen molar-refractivity contribution in [2.24, 2.45) is 0 Å². The van der Waals surface area contributed by atoms with Crippen LogP contribution in [0.5, 0.6) is 0 Å². The first-order valence-electron chi connectivity index (χ1n) is 8.52. The maximum absolute atomic E-state index is 11.8. The number of hydrogen-bond donors (Lipinski definition) is 2. The van der Waals surface area contributed by atoms with Gasteiger partial charge in [-0.15, -0.1) is 0 Å². The molecule has 0 aliphatic heterocycles. The van der Waals surface area contributed by atoms with Crippen molar-refractivity contribution in [1.82, 2.24) is 15.3 Å². The minimum atomic E-state index is -0.0361. The van der Waals surface area contributed by atoms with Gasteiger partial charge < -0.3 is 10.3 Å². The molecule has 1 rings (SSSR count). The van der Waals surface area contributed by atoms with Crippen LogP contribution in [0.15, 0.2) is 12.4 Å². The highest BCUT2D eigenvalue weighted by atomic mass is 16.1. The summed E-state index contributed by atoms with van der Waals surface area (Å²) in [5.41, 5.74) is 0. The molecule has 0 saturated carbocycles. The monoisotopic (exact) mass is 293 g/mol. The molecule has 120 valence electrons. The molecule has 2 N–H and O–H groups in total. The Bertz CT molecular complexity index is 362. The van der Waals surface area contributed by atoms with E-state index in [0.29, 0.717) is 6.42 Å². The number of rotatable bonds is 12. The summed E-state index contributed by atoms with van der Waals surface area (Å²) in [7, 11) is 0. The summed E-state index contributed by atoms with van der Waals surface area (Å²) in [6.45, 7) is 4.20. The fraction of sp³-hybridized carbons (Fsp3) is 0.765. The second-order valence-electron chi connectivity index (χ2n) is 5.84. The summed E-state index contributed by atoms with van der Waals surface area (Å²) in [5.74, 6) is 0.942. The number of imidazole rings is 1. The highest BCUT2D eigenvalue weighted by Gasteiger charge is 2.10. The van der Waals surface area contributed by atoms with Crippen LogP contribution in [0, 0.1) is 0 Å². The van der Waals surface area contributed by atoms with Crippen LogP contribution in [0.25, 0.3) is 0 Å². The highest BCUT2D eigenvalue weighted by Crippen LogP contribution is 2.11. The van der Waals surface area contributed by atoms with Crippen molar-refractivity contribution in [1.29, 1.82) is 0 Å². The van der Waals surface area contributed by atoms with Crippen molar-refractivity contribution >= 4 is 5.91 Å². The van der Waals surface area contributed by atoms with E-state index in [1.54, 1.807) is 12.4 Å². The highest BCUT2D eigenvalue weighted by molar-refractivity contribution is 5.76. The Morgan fingerprint density at radius 3 is 2.33 bits per heavy atom. The molecule has 1 heterocycles. The number of nitrogens with one attached hydrogen (secondary N) is 2. The summed E-state index contributed by atoms with van der Waals surface area (Å²) in [6, 6.07) is -0.0361. The molecule has 4 nitrogen and oxygen atoms in total. The van der Waals surface area contributed by atoms with Gasteiger partial charge in [0.1, 0.15) is 5.82 Å². The first-order chi connectivity index (χ1) is 10.2. The lowest BCUT2D eigenvalue weighted by atomic mass is 10.1. The van der Waals surface area contributed by atoms with Crippen LogP contribution in [0.1, 0.15) is 89.9 Å². The average Bonchev–Trinajstić information content (AvgIpc) is 3.00. The molecule has 0 spiro atoms. The van der Waals surface area contributed by atoms with E-state index in [9.17, 15) is 4.79 Å². The lowest BCUT2D eigenvalue weighted by Crippen LogP contribution is -2.27. The first kappa shape index (κ1) is 17.7. The van der Waals surface area contributed by atoms with Crippen LogP contribution in [-0.4, -0.2) is 15.9 Å². The van der Waals surface area contributed by atoms with E-state index >= 15 is 0 Å². The molecular weight excluding hydrogens is 262 g/mol.